The van der Waals surface area contributed by atoms with Gasteiger partial charge in [-0.05, 0) is 61.1 Å². The second-order valence-electron chi connectivity index (χ2n) is 9.93. The Balaban J connectivity index is 1.32. The number of carbonyl (C=O) groups is 1. The Bertz CT molecular complexity index is 1600. The van der Waals surface area contributed by atoms with Crippen LogP contribution in [0.4, 0.5) is 20.3 Å². The van der Waals surface area contributed by atoms with Gasteiger partial charge in [0, 0.05) is 48.8 Å². The number of piperidine rings is 1. The molecule has 5 rings (SSSR count). The van der Waals surface area contributed by atoms with Crippen LogP contribution in [0.1, 0.15) is 35.7 Å². The van der Waals surface area contributed by atoms with E-state index in [2.05, 4.69) is 20.6 Å². The van der Waals surface area contributed by atoms with Crippen LogP contribution in [0.2, 0.25) is 0 Å². The summed E-state index contributed by atoms with van der Waals surface area (Å²) in [5.74, 6) is -1.55. The van der Waals surface area contributed by atoms with Crippen LogP contribution < -0.4 is 21.1 Å². The molecule has 1 fully saturated rings. The van der Waals surface area contributed by atoms with Gasteiger partial charge in [0.15, 0.2) is 29.0 Å². The lowest BCUT2D eigenvalue weighted by molar-refractivity contribution is 0.0940. The molecule has 1 aliphatic heterocycles. The molecule has 1 saturated heterocycles. The molecular weight excluding hydrogens is 530 g/mol. The molecule has 2 aromatic heterocycles. The number of aromatic nitrogens is 3. The highest BCUT2D eigenvalue weighted by molar-refractivity contribution is 5.96. The number of carbonyl (C=O) groups excluding carboxylic acids is 1. The zero-order valence-corrected chi connectivity index (χ0v) is 22.9. The number of methoxy groups -OCH3 is 1. The van der Waals surface area contributed by atoms with E-state index in [0.717, 1.165) is 31.5 Å². The van der Waals surface area contributed by atoms with Crippen molar-refractivity contribution in [3.63, 3.8) is 0 Å². The van der Waals surface area contributed by atoms with Gasteiger partial charge in [-0.2, -0.15) is 4.39 Å². The van der Waals surface area contributed by atoms with Gasteiger partial charge in [-0.25, -0.2) is 14.4 Å². The summed E-state index contributed by atoms with van der Waals surface area (Å²) < 4.78 is 35.7. The predicted molar refractivity (Wildman–Crippen MR) is 153 cm³/mol. The fourth-order valence-electron chi connectivity index (χ4n) is 5.13. The highest BCUT2D eigenvalue weighted by Gasteiger charge is 2.22. The quantitative estimate of drug-likeness (QED) is 0.186. The van der Waals surface area contributed by atoms with E-state index in [-0.39, 0.29) is 23.2 Å². The summed E-state index contributed by atoms with van der Waals surface area (Å²) in [5, 5.41) is 13.9. The Morgan fingerprint density at radius 2 is 1.95 bits per heavy atom. The van der Waals surface area contributed by atoms with Gasteiger partial charge in [0.2, 0.25) is 5.82 Å². The Morgan fingerprint density at radius 3 is 2.66 bits per heavy atom. The molecule has 1 amide bonds. The number of nitrogens with zero attached hydrogens (tertiary/aromatic N) is 4. The zero-order valence-electron chi connectivity index (χ0n) is 22.9. The molecule has 0 spiro atoms. The molecule has 214 valence electrons. The fourth-order valence-corrected chi connectivity index (χ4v) is 5.13. The molecule has 41 heavy (non-hydrogen) atoms. The molecule has 1 aliphatic rings. The van der Waals surface area contributed by atoms with E-state index in [9.17, 15) is 13.6 Å². The molecule has 0 bridgehead atoms. The van der Waals surface area contributed by atoms with Gasteiger partial charge >= 0.3 is 0 Å². The maximum atomic E-state index is 14.8. The summed E-state index contributed by atoms with van der Waals surface area (Å²) in [6.07, 6.45) is 7.01. The smallest absolute Gasteiger partial charge is 0.251 e. The van der Waals surface area contributed by atoms with Crippen molar-refractivity contribution >= 4 is 29.0 Å². The number of imidazole rings is 1. The molecule has 0 unspecified atom stereocenters. The number of amides is 1. The van der Waals surface area contributed by atoms with Gasteiger partial charge in [0.05, 0.1) is 19.0 Å². The summed E-state index contributed by atoms with van der Waals surface area (Å²) >= 11 is 0. The largest absolute Gasteiger partial charge is 0.494 e. The number of nitrogens with two attached hydrogens (primary N) is 1. The van der Waals surface area contributed by atoms with Crippen molar-refractivity contribution in [3.05, 3.63) is 71.7 Å². The lowest BCUT2D eigenvalue weighted by Gasteiger charge is -2.32. The number of aryl methyl sites for hydroxylation is 1. The summed E-state index contributed by atoms with van der Waals surface area (Å²) in [7, 11) is 1.28. The Hall–Kier alpha value is -4.74. The number of ether oxygens (including phenoxy) is 1. The third-order valence-corrected chi connectivity index (χ3v) is 7.47. The number of likely N-dealkylation sites (tertiary alicyclic amines) is 1. The van der Waals surface area contributed by atoms with Gasteiger partial charge in [0.25, 0.3) is 5.91 Å². The lowest BCUT2D eigenvalue weighted by atomic mass is 9.96. The number of fused-ring (bicyclic) bond motifs is 1. The second-order valence-corrected chi connectivity index (χ2v) is 9.93. The average Bonchev–Trinajstić information content (AvgIpc) is 3.42. The van der Waals surface area contributed by atoms with Gasteiger partial charge < -0.3 is 26.0 Å². The van der Waals surface area contributed by atoms with Crippen LogP contribution in [0, 0.1) is 23.0 Å². The number of hydrogen-bond acceptors (Lipinski definition) is 6. The third-order valence-electron chi connectivity index (χ3n) is 7.47. The lowest BCUT2D eigenvalue weighted by Crippen LogP contribution is -2.44. The van der Waals surface area contributed by atoms with E-state index >= 15 is 0 Å². The molecule has 0 radical (unpaired) electrons. The average molecular weight is 563 g/mol. The van der Waals surface area contributed by atoms with Gasteiger partial charge in [0.1, 0.15) is 0 Å². The van der Waals surface area contributed by atoms with E-state index in [1.165, 1.54) is 25.4 Å². The first-order valence-corrected chi connectivity index (χ1v) is 13.4. The van der Waals surface area contributed by atoms with E-state index in [4.69, 9.17) is 15.9 Å². The van der Waals surface area contributed by atoms with Crippen molar-refractivity contribution in [2.24, 2.45) is 11.7 Å². The highest BCUT2D eigenvalue weighted by Crippen LogP contribution is 2.31. The fraction of sp³-hybridized carbons (Fsp3) is 0.310. The standard InChI is InChI=1S/C29H32F2N8O2/c1-3-18-14-19(4-5-20(18)28(40)36-15-17-8-11-38(12-9-17)29(32)33)37-26-27-35-16-22(39(27)13-10-34-26)21-6-7-23(41-2)25(31)24(21)30/h4-7,10,13-14,16-17H,3,8-9,11-12,15H2,1-2H3,(H3,32,33)(H,34,37)(H,36,40). The van der Waals surface area contributed by atoms with E-state index < -0.39 is 11.6 Å². The second kappa shape index (κ2) is 11.8. The molecule has 4 aromatic rings. The molecule has 12 heteroatoms. The molecule has 0 aliphatic carbocycles. The van der Waals surface area contributed by atoms with E-state index in [1.54, 1.807) is 28.9 Å². The number of benzene rings is 2. The van der Waals surface area contributed by atoms with Gasteiger partial charge in [-0.3, -0.25) is 14.6 Å². The van der Waals surface area contributed by atoms with Crippen LogP contribution >= 0.6 is 0 Å². The highest BCUT2D eigenvalue weighted by atomic mass is 19.2. The summed E-state index contributed by atoms with van der Waals surface area (Å²) in [5.41, 5.74) is 8.58. The number of anilines is 2. The van der Waals surface area contributed by atoms with Crippen molar-refractivity contribution in [1.29, 1.82) is 5.41 Å². The SMILES string of the molecule is CCc1cc(Nc2nccn3c(-c4ccc(OC)c(F)c4F)cnc23)ccc1C(=O)NCC1CCN(C(=N)N)CC1. The normalized spacial score (nSPS) is 13.8. The maximum Gasteiger partial charge on any atom is 0.251 e. The summed E-state index contributed by atoms with van der Waals surface area (Å²) in [6.45, 7) is 4.00. The van der Waals surface area contributed by atoms with Crippen LogP contribution in [0.3, 0.4) is 0 Å². The van der Waals surface area contributed by atoms with Crippen LogP contribution in [-0.2, 0) is 6.42 Å². The van der Waals surface area contributed by atoms with Gasteiger partial charge in [-0.1, -0.05) is 6.92 Å². The molecule has 2 aromatic carbocycles. The topological polar surface area (TPSA) is 134 Å². The van der Waals surface area contributed by atoms with E-state index in [0.29, 0.717) is 47.3 Å². The number of hydrogen-bond donors (Lipinski definition) is 4. The van der Waals surface area contributed by atoms with Crippen LogP contribution in [0.15, 0.2) is 48.9 Å². The van der Waals surface area contributed by atoms with Crippen LogP contribution in [-0.4, -0.2) is 57.9 Å². The van der Waals surface area contributed by atoms with E-state index in [1.807, 2.05) is 17.9 Å². The van der Waals surface area contributed by atoms with Crippen LogP contribution in [0.25, 0.3) is 16.9 Å². The first-order chi connectivity index (χ1) is 19.8. The summed E-state index contributed by atoms with van der Waals surface area (Å²) in [4.78, 5) is 23.7. The van der Waals surface area contributed by atoms with Crippen LogP contribution in [0.5, 0.6) is 5.75 Å². The van der Waals surface area contributed by atoms with Crippen molar-refractivity contribution in [2.45, 2.75) is 26.2 Å². The molecule has 5 N–H and O–H groups in total. The maximum absolute atomic E-state index is 14.8. The van der Waals surface area contributed by atoms with Crippen molar-refractivity contribution in [3.8, 4) is 17.0 Å². The van der Waals surface area contributed by atoms with Crippen molar-refractivity contribution in [1.82, 2.24) is 24.6 Å². The zero-order chi connectivity index (χ0) is 29.1. The van der Waals surface area contributed by atoms with Crippen molar-refractivity contribution in [2.75, 3.05) is 32.1 Å². The first kappa shape index (κ1) is 27.8. The molecule has 3 heterocycles. The van der Waals surface area contributed by atoms with Crippen molar-refractivity contribution < 1.29 is 18.3 Å². The number of rotatable bonds is 8. The monoisotopic (exact) mass is 562 g/mol. The van der Waals surface area contributed by atoms with Gasteiger partial charge in [-0.15, -0.1) is 0 Å². The molecule has 10 nitrogen and oxygen atoms in total. The Labute approximate surface area is 236 Å². The minimum absolute atomic E-state index is 0.0426. The Kier molecular flexibility index (Phi) is 7.99. The minimum Gasteiger partial charge on any atom is -0.494 e. The predicted octanol–water partition coefficient (Wildman–Crippen LogP) is 4.32. The minimum atomic E-state index is -1.07. The number of guanidine groups is 1. The first-order valence-electron chi connectivity index (χ1n) is 13.4. The third kappa shape index (κ3) is 5.63. The Morgan fingerprint density at radius 1 is 1.17 bits per heavy atom. The molecule has 0 saturated carbocycles. The number of nitrogens with one attached hydrogen (secondary N) is 3. The molecular formula is C29H32F2N8O2. The number of halogens is 2. The summed E-state index contributed by atoms with van der Waals surface area (Å²) in [6, 6.07) is 8.29. The molecule has 0 atom stereocenters.